The van der Waals surface area contributed by atoms with E-state index in [1.807, 2.05) is 48.9 Å². The number of amides is 1. The zero-order valence-electron chi connectivity index (χ0n) is 18.8. The molecule has 0 saturated carbocycles. The average Bonchev–Trinajstić information content (AvgIpc) is 3.11. The van der Waals surface area contributed by atoms with Crippen LogP contribution in [0.15, 0.2) is 47.6 Å². The summed E-state index contributed by atoms with van der Waals surface area (Å²) in [5.41, 5.74) is 4.39. The number of aromatic nitrogens is 3. The van der Waals surface area contributed by atoms with Gasteiger partial charge in [-0.15, -0.1) is 10.2 Å². The number of anilines is 1. The van der Waals surface area contributed by atoms with Gasteiger partial charge >= 0.3 is 0 Å². The number of carbonyl (C=O) groups excluding carboxylic acids is 1. The lowest BCUT2D eigenvalue weighted by atomic mass is 10.0. The Balaban J connectivity index is 1.55. The minimum Gasteiger partial charge on any atom is -0.486 e. The summed E-state index contributed by atoms with van der Waals surface area (Å²) < 4.78 is 7.72. The Kier molecular flexibility index (Phi) is 7.74. The first-order chi connectivity index (χ1) is 14.9. The van der Waals surface area contributed by atoms with Gasteiger partial charge in [-0.2, -0.15) is 0 Å². The summed E-state index contributed by atoms with van der Waals surface area (Å²) in [5.74, 6) is 2.21. The monoisotopic (exact) mass is 438 g/mol. The van der Waals surface area contributed by atoms with E-state index in [0.717, 1.165) is 29.0 Å². The molecule has 6 nitrogen and oxygen atoms in total. The predicted octanol–water partition coefficient (Wildman–Crippen LogP) is 5.12. The van der Waals surface area contributed by atoms with Crippen molar-refractivity contribution in [3.05, 3.63) is 65.0 Å². The van der Waals surface area contributed by atoms with Gasteiger partial charge in [0.05, 0.1) is 5.75 Å². The molecule has 7 heteroatoms. The van der Waals surface area contributed by atoms with Crippen LogP contribution in [0, 0.1) is 6.92 Å². The number of aryl methyl sites for hydroxylation is 2. The van der Waals surface area contributed by atoms with Gasteiger partial charge in [0.1, 0.15) is 12.4 Å². The standard InChI is InChI=1S/C24H30N4O2S/c1-6-18-9-7-8-17(4)23(18)25-22(29)15-31-24-27-26-21(28(24)5)14-30-20-12-10-19(11-13-20)16(2)3/h7-13,16H,6,14-15H2,1-5H3,(H,25,29). The topological polar surface area (TPSA) is 69.0 Å². The molecule has 0 unspecified atom stereocenters. The number of hydrogen-bond acceptors (Lipinski definition) is 5. The first-order valence-corrected chi connectivity index (χ1v) is 11.5. The van der Waals surface area contributed by atoms with Crippen LogP contribution in [0.25, 0.3) is 0 Å². The van der Waals surface area contributed by atoms with Crippen LogP contribution in [0.2, 0.25) is 0 Å². The molecule has 0 fully saturated rings. The van der Waals surface area contributed by atoms with E-state index in [9.17, 15) is 4.79 Å². The minimum atomic E-state index is -0.0555. The fourth-order valence-corrected chi connectivity index (χ4v) is 3.93. The Morgan fingerprint density at radius 2 is 1.90 bits per heavy atom. The van der Waals surface area contributed by atoms with Crippen molar-refractivity contribution in [1.82, 2.24) is 14.8 Å². The third kappa shape index (κ3) is 5.88. The lowest BCUT2D eigenvalue weighted by Crippen LogP contribution is -2.16. The third-order valence-electron chi connectivity index (χ3n) is 5.18. The molecular weight excluding hydrogens is 408 g/mol. The summed E-state index contributed by atoms with van der Waals surface area (Å²) in [6, 6.07) is 14.2. The summed E-state index contributed by atoms with van der Waals surface area (Å²) in [5, 5.41) is 12.2. The molecule has 1 heterocycles. The van der Waals surface area contributed by atoms with Crippen molar-refractivity contribution in [3.8, 4) is 5.75 Å². The Bertz CT molecular complexity index is 1030. The molecule has 0 bridgehead atoms. The first-order valence-electron chi connectivity index (χ1n) is 10.5. The SMILES string of the molecule is CCc1cccc(C)c1NC(=O)CSc1nnc(COc2ccc(C(C)C)cc2)n1C. The lowest BCUT2D eigenvalue weighted by molar-refractivity contribution is -0.113. The second kappa shape index (κ2) is 10.5. The molecule has 0 atom stereocenters. The molecule has 1 N–H and O–H groups in total. The summed E-state index contributed by atoms with van der Waals surface area (Å²) in [6.45, 7) is 8.74. The number of nitrogens with zero attached hydrogens (tertiary/aromatic N) is 3. The summed E-state index contributed by atoms with van der Waals surface area (Å²) >= 11 is 1.36. The molecule has 2 aromatic carbocycles. The molecular formula is C24H30N4O2S. The average molecular weight is 439 g/mol. The number of nitrogens with one attached hydrogen (secondary N) is 1. The minimum absolute atomic E-state index is 0.0555. The molecule has 0 radical (unpaired) electrons. The van der Waals surface area contributed by atoms with Crippen LogP contribution in [0.4, 0.5) is 5.69 Å². The highest BCUT2D eigenvalue weighted by atomic mass is 32.2. The van der Waals surface area contributed by atoms with Crippen molar-refractivity contribution in [3.63, 3.8) is 0 Å². The zero-order valence-corrected chi connectivity index (χ0v) is 19.6. The summed E-state index contributed by atoms with van der Waals surface area (Å²) in [6.07, 6.45) is 0.872. The molecule has 31 heavy (non-hydrogen) atoms. The molecule has 3 rings (SSSR count). The second-order valence-corrected chi connectivity index (χ2v) is 8.71. The number of rotatable bonds is 9. The van der Waals surface area contributed by atoms with Crippen LogP contribution in [-0.4, -0.2) is 26.4 Å². The van der Waals surface area contributed by atoms with Gasteiger partial charge < -0.3 is 14.6 Å². The van der Waals surface area contributed by atoms with E-state index in [0.29, 0.717) is 23.5 Å². The van der Waals surface area contributed by atoms with Crippen LogP contribution in [0.3, 0.4) is 0 Å². The number of para-hydroxylation sites is 1. The van der Waals surface area contributed by atoms with E-state index in [2.05, 4.69) is 48.4 Å². The van der Waals surface area contributed by atoms with Gasteiger partial charge in [-0.3, -0.25) is 4.79 Å². The number of benzene rings is 2. The smallest absolute Gasteiger partial charge is 0.234 e. The summed E-state index contributed by atoms with van der Waals surface area (Å²) in [4.78, 5) is 12.5. The van der Waals surface area contributed by atoms with Crippen LogP contribution in [0.5, 0.6) is 5.75 Å². The predicted molar refractivity (Wildman–Crippen MR) is 126 cm³/mol. The van der Waals surface area contributed by atoms with Gasteiger partial charge in [0, 0.05) is 12.7 Å². The van der Waals surface area contributed by atoms with Crippen molar-refractivity contribution in [2.45, 2.75) is 51.8 Å². The Morgan fingerprint density at radius 3 is 2.58 bits per heavy atom. The maximum absolute atomic E-state index is 12.5. The number of thioether (sulfide) groups is 1. The molecule has 0 aliphatic rings. The number of ether oxygens (including phenoxy) is 1. The Hall–Kier alpha value is -2.80. The molecule has 1 amide bonds. The Labute approximate surface area is 188 Å². The van der Waals surface area contributed by atoms with Gasteiger partial charge in [-0.1, -0.05) is 62.9 Å². The molecule has 0 spiro atoms. The highest BCUT2D eigenvalue weighted by Gasteiger charge is 2.14. The van der Waals surface area contributed by atoms with Gasteiger partial charge in [0.15, 0.2) is 11.0 Å². The van der Waals surface area contributed by atoms with E-state index in [-0.39, 0.29) is 11.7 Å². The Morgan fingerprint density at radius 1 is 1.16 bits per heavy atom. The summed E-state index contributed by atoms with van der Waals surface area (Å²) in [7, 11) is 1.89. The first kappa shape index (κ1) is 22.9. The van der Waals surface area contributed by atoms with Crippen molar-refractivity contribution in [1.29, 1.82) is 0 Å². The number of carbonyl (C=O) groups is 1. The molecule has 0 aliphatic heterocycles. The van der Waals surface area contributed by atoms with E-state index >= 15 is 0 Å². The van der Waals surface area contributed by atoms with Gasteiger partial charge in [0.25, 0.3) is 0 Å². The molecule has 0 saturated heterocycles. The van der Waals surface area contributed by atoms with Crippen LogP contribution in [0.1, 0.15) is 49.2 Å². The van der Waals surface area contributed by atoms with Gasteiger partial charge in [-0.25, -0.2) is 0 Å². The quantitative estimate of drug-likeness (QED) is 0.470. The fraction of sp³-hybridized carbons (Fsp3) is 0.375. The van der Waals surface area contributed by atoms with E-state index in [1.54, 1.807) is 0 Å². The molecule has 3 aromatic rings. The normalized spacial score (nSPS) is 11.0. The third-order valence-corrected chi connectivity index (χ3v) is 6.20. The maximum atomic E-state index is 12.5. The van der Waals surface area contributed by atoms with Crippen molar-refractivity contribution in [2.75, 3.05) is 11.1 Å². The lowest BCUT2D eigenvalue weighted by Gasteiger charge is -2.12. The van der Waals surface area contributed by atoms with Crippen LogP contribution in [-0.2, 0) is 24.9 Å². The van der Waals surface area contributed by atoms with Gasteiger partial charge in [-0.05, 0) is 48.1 Å². The highest BCUT2D eigenvalue weighted by Crippen LogP contribution is 2.23. The van der Waals surface area contributed by atoms with Crippen LogP contribution >= 0.6 is 11.8 Å². The highest BCUT2D eigenvalue weighted by molar-refractivity contribution is 7.99. The van der Waals surface area contributed by atoms with Crippen molar-refractivity contribution in [2.24, 2.45) is 7.05 Å². The van der Waals surface area contributed by atoms with Gasteiger partial charge in [0.2, 0.25) is 5.91 Å². The largest absolute Gasteiger partial charge is 0.486 e. The second-order valence-electron chi connectivity index (χ2n) is 7.77. The van der Waals surface area contributed by atoms with Crippen LogP contribution < -0.4 is 10.1 Å². The maximum Gasteiger partial charge on any atom is 0.234 e. The van der Waals surface area contributed by atoms with Crippen molar-refractivity contribution < 1.29 is 9.53 Å². The van der Waals surface area contributed by atoms with E-state index < -0.39 is 0 Å². The molecule has 0 aliphatic carbocycles. The van der Waals surface area contributed by atoms with E-state index in [4.69, 9.17) is 4.74 Å². The molecule has 164 valence electrons. The molecule has 1 aromatic heterocycles. The fourth-order valence-electron chi connectivity index (χ4n) is 3.20. The zero-order chi connectivity index (χ0) is 22.4. The number of hydrogen-bond donors (Lipinski definition) is 1. The van der Waals surface area contributed by atoms with Crippen molar-refractivity contribution >= 4 is 23.4 Å². The van der Waals surface area contributed by atoms with E-state index in [1.165, 1.54) is 17.3 Å².